The molecule has 45 heavy (non-hydrogen) atoms. The fourth-order valence-corrected chi connectivity index (χ4v) is 6.56. The lowest BCUT2D eigenvalue weighted by atomic mass is 10.0. The van der Waals surface area contributed by atoms with Crippen molar-refractivity contribution < 1.29 is 22.7 Å². The number of sulfonamides is 1. The molecule has 0 aromatic heterocycles. The number of ether oxygens (including phenoxy) is 1. The standard InChI is InChI=1S/C35H38ClN3O5S/c1-4-37-35(41)32(23-27-14-7-6-8-15-27)38(24-28-16-10-9-13-26(28)3)34(40)25-39(31-17-11-12-18-33(31)44-5-2)45(42,43)30-21-19-29(36)20-22-30/h6-22,32H,4-5,23-25H2,1-3H3,(H,37,41)/t32-/m1/s1. The zero-order valence-electron chi connectivity index (χ0n) is 25.6. The van der Waals surface area contributed by atoms with Crippen LogP contribution in [-0.4, -0.2) is 50.9 Å². The molecule has 4 rings (SSSR count). The third-order valence-corrected chi connectivity index (χ3v) is 9.36. The molecule has 1 atom stereocenters. The lowest BCUT2D eigenvalue weighted by Gasteiger charge is -2.34. The SMILES string of the molecule is CCNC(=O)[C@@H](Cc1ccccc1)N(Cc1ccccc1C)C(=O)CN(c1ccccc1OCC)S(=O)(=O)c1ccc(Cl)cc1. The lowest BCUT2D eigenvalue weighted by molar-refractivity contribution is -0.140. The molecular weight excluding hydrogens is 610 g/mol. The van der Waals surface area contributed by atoms with E-state index in [4.69, 9.17) is 16.3 Å². The lowest BCUT2D eigenvalue weighted by Crippen LogP contribution is -2.53. The number of likely N-dealkylation sites (N-methyl/N-ethyl adjacent to an activating group) is 1. The number of nitrogens with one attached hydrogen (secondary N) is 1. The summed E-state index contributed by atoms with van der Waals surface area (Å²) in [6, 6.07) is 28.6. The number of aryl methyl sites for hydroxylation is 1. The summed E-state index contributed by atoms with van der Waals surface area (Å²) < 4.78 is 35.3. The van der Waals surface area contributed by atoms with Crippen molar-refractivity contribution >= 4 is 39.1 Å². The highest BCUT2D eigenvalue weighted by atomic mass is 35.5. The monoisotopic (exact) mass is 647 g/mol. The zero-order chi connectivity index (χ0) is 32.4. The van der Waals surface area contributed by atoms with E-state index in [1.165, 1.54) is 29.2 Å². The Balaban J connectivity index is 1.84. The number of carbonyl (C=O) groups excluding carboxylic acids is 2. The van der Waals surface area contributed by atoms with E-state index >= 15 is 0 Å². The largest absolute Gasteiger partial charge is 0.492 e. The number of amides is 2. The van der Waals surface area contributed by atoms with Crippen molar-refractivity contribution in [1.29, 1.82) is 0 Å². The molecule has 0 heterocycles. The number of nitrogens with zero attached hydrogens (tertiary/aromatic N) is 2. The maximum absolute atomic E-state index is 14.6. The topological polar surface area (TPSA) is 96.0 Å². The van der Waals surface area contributed by atoms with E-state index in [-0.39, 0.29) is 36.1 Å². The predicted molar refractivity (Wildman–Crippen MR) is 178 cm³/mol. The van der Waals surface area contributed by atoms with Gasteiger partial charge in [-0.25, -0.2) is 8.42 Å². The summed E-state index contributed by atoms with van der Waals surface area (Å²) in [5.74, 6) is -0.570. The van der Waals surface area contributed by atoms with Crippen LogP contribution in [-0.2, 0) is 32.6 Å². The minimum Gasteiger partial charge on any atom is -0.492 e. The Labute approximate surface area is 270 Å². The summed E-state index contributed by atoms with van der Waals surface area (Å²) >= 11 is 6.07. The number of rotatable bonds is 14. The Kier molecular flexibility index (Phi) is 11.6. The van der Waals surface area contributed by atoms with Crippen molar-refractivity contribution in [3.05, 3.63) is 125 Å². The zero-order valence-corrected chi connectivity index (χ0v) is 27.2. The first-order chi connectivity index (χ1) is 21.6. The maximum atomic E-state index is 14.6. The summed E-state index contributed by atoms with van der Waals surface area (Å²) in [6.45, 7) is 5.73. The Bertz CT molecular complexity index is 1700. The van der Waals surface area contributed by atoms with Gasteiger partial charge in [-0.15, -0.1) is 0 Å². The van der Waals surface area contributed by atoms with Gasteiger partial charge in [0.25, 0.3) is 10.0 Å². The molecule has 4 aromatic carbocycles. The smallest absolute Gasteiger partial charge is 0.264 e. The van der Waals surface area contributed by atoms with Gasteiger partial charge in [0.2, 0.25) is 11.8 Å². The van der Waals surface area contributed by atoms with Crippen molar-refractivity contribution in [3.63, 3.8) is 0 Å². The van der Waals surface area contributed by atoms with E-state index in [1.54, 1.807) is 31.2 Å². The van der Waals surface area contributed by atoms with Crippen molar-refractivity contribution in [1.82, 2.24) is 10.2 Å². The number of para-hydroxylation sites is 2. The molecule has 0 aliphatic heterocycles. The van der Waals surface area contributed by atoms with Gasteiger partial charge < -0.3 is 15.0 Å². The van der Waals surface area contributed by atoms with Gasteiger partial charge in [0.1, 0.15) is 18.3 Å². The molecular formula is C35H38ClN3O5S. The van der Waals surface area contributed by atoms with Crippen LogP contribution in [0.2, 0.25) is 5.02 Å². The number of hydrogen-bond donors (Lipinski definition) is 1. The van der Waals surface area contributed by atoms with E-state index < -0.39 is 28.5 Å². The van der Waals surface area contributed by atoms with Crippen molar-refractivity contribution in [3.8, 4) is 5.75 Å². The molecule has 0 saturated carbocycles. The first kappa shape index (κ1) is 33.6. The Morgan fingerprint density at radius 2 is 1.51 bits per heavy atom. The summed E-state index contributed by atoms with van der Waals surface area (Å²) in [6.07, 6.45) is 0.240. The molecule has 0 bridgehead atoms. The quantitative estimate of drug-likeness (QED) is 0.181. The number of anilines is 1. The molecule has 0 aliphatic carbocycles. The van der Waals surface area contributed by atoms with Crippen LogP contribution in [0.25, 0.3) is 0 Å². The summed E-state index contributed by atoms with van der Waals surface area (Å²) in [7, 11) is -4.29. The van der Waals surface area contributed by atoms with Crippen LogP contribution in [0.1, 0.15) is 30.5 Å². The molecule has 0 fully saturated rings. The van der Waals surface area contributed by atoms with Crippen molar-refractivity contribution in [2.24, 2.45) is 0 Å². The molecule has 4 aromatic rings. The van der Waals surface area contributed by atoms with E-state index in [0.717, 1.165) is 21.0 Å². The summed E-state index contributed by atoms with van der Waals surface area (Å²) in [5, 5.41) is 3.25. The second-order valence-electron chi connectivity index (χ2n) is 10.4. The predicted octanol–water partition coefficient (Wildman–Crippen LogP) is 6.02. The normalized spacial score (nSPS) is 11.8. The molecule has 0 spiro atoms. The number of hydrogen-bond acceptors (Lipinski definition) is 5. The molecule has 2 amide bonds. The van der Waals surface area contributed by atoms with Crippen LogP contribution >= 0.6 is 11.6 Å². The highest BCUT2D eigenvalue weighted by molar-refractivity contribution is 7.92. The van der Waals surface area contributed by atoms with Crippen LogP contribution in [0, 0.1) is 6.92 Å². The van der Waals surface area contributed by atoms with Crippen LogP contribution in [0.4, 0.5) is 5.69 Å². The Hall–Kier alpha value is -4.34. The minimum atomic E-state index is -4.29. The fourth-order valence-electron chi connectivity index (χ4n) is 5.00. The molecule has 0 unspecified atom stereocenters. The van der Waals surface area contributed by atoms with Gasteiger partial charge in [-0.05, 0) is 73.9 Å². The fraction of sp³-hybridized carbons (Fsp3) is 0.257. The molecule has 0 saturated heterocycles. The first-order valence-electron chi connectivity index (χ1n) is 14.8. The van der Waals surface area contributed by atoms with E-state index in [9.17, 15) is 18.0 Å². The van der Waals surface area contributed by atoms with Crippen molar-refractivity contribution in [2.75, 3.05) is 24.0 Å². The minimum absolute atomic E-state index is 0.0407. The Morgan fingerprint density at radius 3 is 2.18 bits per heavy atom. The van der Waals surface area contributed by atoms with E-state index in [0.29, 0.717) is 17.3 Å². The summed E-state index contributed by atoms with van der Waals surface area (Å²) in [4.78, 5) is 29.6. The van der Waals surface area contributed by atoms with Crippen LogP contribution < -0.4 is 14.4 Å². The molecule has 10 heteroatoms. The average molecular weight is 648 g/mol. The molecule has 1 N–H and O–H groups in total. The van der Waals surface area contributed by atoms with Gasteiger partial charge in [-0.1, -0.05) is 78.3 Å². The molecule has 236 valence electrons. The number of carbonyl (C=O) groups is 2. The van der Waals surface area contributed by atoms with Gasteiger partial charge >= 0.3 is 0 Å². The van der Waals surface area contributed by atoms with Crippen LogP contribution in [0.5, 0.6) is 5.75 Å². The second-order valence-corrected chi connectivity index (χ2v) is 12.7. The highest BCUT2D eigenvalue weighted by Gasteiger charge is 2.35. The van der Waals surface area contributed by atoms with Crippen molar-refractivity contribution in [2.45, 2.75) is 44.7 Å². The maximum Gasteiger partial charge on any atom is 0.264 e. The third-order valence-electron chi connectivity index (χ3n) is 7.34. The molecule has 8 nitrogen and oxygen atoms in total. The van der Waals surface area contributed by atoms with Crippen LogP contribution in [0.3, 0.4) is 0 Å². The van der Waals surface area contributed by atoms with Gasteiger partial charge in [0.15, 0.2) is 0 Å². The van der Waals surface area contributed by atoms with Gasteiger partial charge in [-0.2, -0.15) is 0 Å². The number of benzene rings is 4. The molecule has 0 aliphatic rings. The van der Waals surface area contributed by atoms with E-state index in [2.05, 4.69) is 5.32 Å². The van der Waals surface area contributed by atoms with Gasteiger partial charge in [-0.3, -0.25) is 13.9 Å². The highest BCUT2D eigenvalue weighted by Crippen LogP contribution is 2.33. The first-order valence-corrected chi connectivity index (χ1v) is 16.6. The second kappa shape index (κ2) is 15.6. The molecule has 0 radical (unpaired) electrons. The number of halogens is 1. The van der Waals surface area contributed by atoms with Gasteiger partial charge in [0.05, 0.1) is 17.2 Å². The summed E-state index contributed by atoms with van der Waals surface area (Å²) in [5.41, 5.74) is 2.85. The third kappa shape index (κ3) is 8.44. The average Bonchev–Trinajstić information content (AvgIpc) is 3.03. The van der Waals surface area contributed by atoms with Crippen LogP contribution in [0.15, 0.2) is 108 Å². The van der Waals surface area contributed by atoms with Gasteiger partial charge in [0, 0.05) is 24.5 Å². The Morgan fingerprint density at radius 1 is 0.867 bits per heavy atom. The van der Waals surface area contributed by atoms with E-state index in [1.807, 2.05) is 68.4 Å².